The highest BCUT2D eigenvalue weighted by Gasteiger charge is 2.13. The van der Waals surface area contributed by atoms with E-state index in [0.29, 0.717) is 13.2 Å². The topological polar surface area (TPSA) is 51.4 Å². The molecule has 0 aliphatic heterocycles. The molecule has 2 rings (SSSR count). The number of likely N-dealkylation sites (N-methyl/N-ethyl adjacent to an activating group) is 1. The van der Waals surface area contributed by atoms with Crippen molar-refractivity contribution < 1.29 is 4.74 Å². The summed E-state index contributed by atoms with van der Waals surface area (Å²) in [5.74, 6) is 0. The first-order valence-electron chi connectivity index (χ1n) is 6.15. The average Bonchev–Trinajstić information content (AvgIpc) is 3.05. The lowest BCUT2D eigenvalue weighted by molar-refractivity contribution is 0.181. The normalized spacial score (nSPS) is 10.9. The number of anilines is 1. The molecule has 2 N–H and O–H groups in total. The summed E-state index contributed by atoms with van der Waals surface area (Å²) in [5, 5.41) is 3.13. The Morgan fingerprint density at radius 3 is 2.95 bits per heavy atom. The van der Waals surface area contributed by atoms with Crippen molar-refractivity contribution in [3.05, 3.63) is 33.0 Å². The van der Waals surface area contributed by atoms with Crippen LogP contribution in [0.15, 0.2) is 17.5 Å². The van der Waals surface area contributed by atoms with E-state index in [9.17, 15) is 0 Å². The van der Waals surface area contributed by atoms with E-state index in [1.807, 2.05) is 0 Å². The fourth-order valence-corrected chi connectivity index (χ4v) is 3.40. The van der Waals surface area contributed by atoms with E-state index in [2.05, 4.69) is 34.4 Å². The van der Waals surface area contributed by atoms with Gasteiger partial charge in [-0.05, 0) is 17.9 Å². The van der Waals surface area contributed by atoms with Crippen LogP contribution in [0.25, 0.3) is 0 Å². The van der Waals surface area contributed by atoms with Crippen LogP contribution < -0.4 is 10.6 Å². The molecule has 0 aliphatic carbocycles. The smallest absolute Gasteiger partial charge is 0.185 e. The van der Waals surface area contributed by atoms with Crippen LogP contribution >= 0.6 is 22.7 Å². The molecule has 0 saturated carbocycles. The van der Waals surface area contributed by atoms with E-state index in [1.165, 1.54) is 4.88 Å². The van der Waals surface area contributed by atoms with Crippen LogP contribution in [0, 0.1) is 0 Å². The molecule has 4 nitrogen and oxygen atoms in total. The number of hydrogen-bond donors (Lipinski definition) is 1. The SMILES string of the molecule is COCc1nc(N(C)CCc2cccs2)sc1CN. The Morgan fingerprint density at radius 1 is 1.47 bits per heavy atom. The molecule has 0 aliphatic rings. The summed E-state index contributed by atoms with van der Waals surface area (Å²) in [4.78, 5) is 9.31. The Balaban J connectivity index is 1.99. The van der Waals surface area contributed by atoms with Crippen molar-refractivity contribution in [1.29, 1.82) is 0 Å². The van der Waals surface area contributed by atoms with E-state index in [1.54, 1.807) is 29.8 Å². The number of rotatable bonds is 7. The van der Waals surface area contributed by atoms with Gasteiger partial charge in [0.05, 0.1) is 12.3 Å². The summed E-state index contributed by atoms with van der Waals surface area (Å²) in [6.45, 7) is 2.02. The lowest BCUT2D eigenvalue weighted by atomic mass is 10.3. The third-order valence-corrected chi connectivity index (χ3v) is 5.00. The van der Waals surface area contributed by atoms with Gasteiger partial charge >= 0.3 is 0 Å². The van der Waals surface area contributed by atoms with Gasteiger partial charge in [-0.3, -0.25) is 0 Å². The molecule has 0 atom stereocenters. The number of nitrogens with two attached hydrogens (primary N) is 1. The first kappa shape index (κ1) is 14.5. The van der Waals surface area contributed by atoms with Crippen LogP contribution in [0.3, 0.4) is 0 Å². The van der Waals surface area contributed by atoms with E-state index < -0.39 is 0 Å². The second kappa shape index (κ2) is 7.00. The molecule has 2 heterocycles. The monoisotopic (exact) mass is 297 g/mol. The van der Waals surface area contributed by atoms with Crippen molar-refractivity contribution >= 4 is 27.8 Å². The fourth-order valence-electron chi connectivity index (χ4n) is 1.77. The number of methoxy groups -OCH3 is 1. The third-order valence-electron chi connectivity index (χ3n) is 2.83. The standard InChI is InChI=1S/C13H19N3OS2/c1-16(6-5-10-4-3-7-18-10)13-15-11(9-17-2)12(8-14)19-13/h3-4,7H,5-6,8-9,14H2,1-2H3. The highest BCUT2D eigenvalue weighted by Crippen LogP contribution is 2.26. The number of aromatic nitrogens is 1. The molecule has 0 bridgehead atoms. The summed E-state index contributed by atoms with van der Waals surface area (Å²) in [6.07, 6.45) is 1.05. The maximum absolute atomic E-state index is 5.74. The maximum Gasteiger partial charge on any atom is 0.185 e. The van der Waals surface area contributed by atoms with Crippen LogP contribution in [-0.2, 0) is 24.3 Å². The van der Waals surface area contributed by atoms with Gasteiger partial charge in [-0.25, -0.2) is 4.98 Å². The van der Waals surface area contributed by atoms with Crippen LogP contribution in [0.2, 0.25) is 0 Å². The molecule has 2 aromatic heterocycles. The van der Waals surface area contributed by atoms with Crippen molar-refractivity contribution in [3.8, 4) is 0 Å². The van der Waals surface area contributed by atoms with Gasteiger partial charge in [0.1, 0.15) is 0 Å². The molecule has 0 fully saturated rings. The van der Waals surface area contributed by atoms with Gasteiger partial charge in [0.2, 0.25) is 0 Å². The Kier molecular flexibility index (Phi) is 5.33. The fraction of sp³-hybridized carbons (Fsp3) is 0.462. The summed E-state index contributed by atoms with van der Waals surface area (Å²) in [5.41, 5.74) is 6.71. The van der Waals surface area contributed by atoms with Crippen LogP contribution in [0.1, 0.15) is 15.4 Å². The lowest BCUT2D eigenvalue weighted by Gasteiger charge is -2.14. The third kappa shape index (κ3) is 3.76. The first-order chi connectivity index (χ1) is 9.24. The molecule has 0 radical (unpaired) electrons. The molecule has 0 saturated heterocycles. The Hall–Kier alpha value is -0.950. The highest BCUT2D eigenvalue weighted by molar-refractivity contribution is 7.15. The summed E-state index contributed by atoms with van der Waals surface area (Å²) < 4.78 is 5.15. The minimum absolute atomic E-state index is 0.523. The van der Waals surface area contributed by atoms with Gasteiger partial charge in [-0.2, -0.15) is 0 Å². The minimum atomic E-state index is 0.523. The zero-order valence-electron chi connectivity index (χ0n) is 11.3. The lowest BCUT2D eigenvalue weighted by Crippen LogP contribution is -2.19. The quantitative estimate of drug-likeness (QED) is 0.853. The maximum atomic E-state index is 5.74. The molecule has 0 aromatic carbocycles. The van der Waals surface area contributed by atoms with Crippen LogP contribution in [-0.4, -0.2) is 25.7 Å². The predicted octanol–water partition coefficient (Wildman–Crippen LogP) is 2.49. The summed E-state index contributed by atoms with van der Waals surface area (Å²) in [7, 11) is 3.75. The van der Waals surface area contributed by atoms with Crippen molar-refractivity contribution in [2.24, 2.45) is 5.73 Å². The predicted molar refractivity (Wildman–Crippen MR) is 82.0 cm³/mol. The molecular formula is C13H19N3OS2. The molecule has 0 spiro atoms. The van der Waals surface area contributed by atoms with Crippen molar-refractivity contribution in [2.75, 3.05) is 25.6 Å². The van der Waals surface area contributed by atoms with Crippen LogP contribution in [0.5, 0.6) is 0 Å². The largest absolute Gasteiger partial charge is 0.378 e. The number of nitrogens with zero attached hydrogens (tertiary/aromatic N) is 2. The zero-order valence-corrected chi connectivity index (χ0v) is 12.9. The number of hydrogen-bond acceptors (Lipinski definition) is 6. The Morgan fingerprint density at radius 2 is 2.32 bits per heavy atom. The van der Waals surface area contributed by atoms with E-state index in [-0.39, 0.29) is 0 Å². The van der Waals surface area contributed by atoms with Gasteiger partial charge in [-0.15, -0.1) is 22.7 Å². The minimum Gasteiger partial charge on any atom is -0.378 e. The highest BCUT2D eigenvalue weighted by atomic mass is 32.1. The van der Waals surface area contributed by atoms with Gasteiger partial charge < -0.3 is 15.4 Å². The molecular weight excluding hydrogens is 278 g/mol. The van der Waals surface area contributed by atoms with Gasteiger partial charge in [0.25, 0.3) is 0 Å². The van der Waals surface area contributed by atoms with Crippen molar-refractivity contribution in [2.45, 2.75) is 19.6 Å². The second-order valence-corrected chi connectivity index (χ2v) is 6.35. The first-order valence-corrected chi connectivity index (χ1v) is 7.85. The summed E-state index contributed by atoms with van der Waals surface area (Å²) >= 11 is 3.46. The number of thiazole rings is 1. The molecule has 6 heteroatoms. The van der Waals surface area contributed by atoms with E-state index >= 15 is 0 Å². The molecule has 0 amide bonds. The van der Waals surface area contributed by atoms with Gasteiger partial charge in [-0.1, -0.05) is 6.07 Å². The van der Waals surface area contributed by atoms with E-state index in [0.717, 1.165) is 28.7 Å². The number of thiophene rings is 1. The summed E-state index contributed by atoms with van der Waals surface area (Å²) in [6, 6.07) is 4.26. The van der Waals surface area contributed by atoms with Crippen molar-refractivity contribution in [1.82, 2.24) is 4.98 Å². The van der Waals surface area contributed by atoms with Crippen molar-refractivity contribution in [3.63, 3.8) is 0 Å². The molecule has 19 heavy (non-hydrogen) atoms. The van der Waals surface area contributed by atoms with Crippen LogP contribution in [0.4, 0.5) is 5.13 Å². The Bertz CT molecular complexity index is 496. The van der Waals surface area contributed by atoms with Gasteiger partial charge in [0, 0.05) is 37.0 Å². The molecule has 2 aromatic rings. The molecule has 104 valence electrons. The molecule has 0 unspecified atom stereocenters. The Labute approximate surface area is 121 Å². The van der Waals surface area contributed by atoms with E-state index in [4.69, 9.17) is 10.5 Å². The van der Waals surface area contributed by atoms with Gasteiger partial charge in [0.15, 0.2) is 5.13 Å². The second-order valence-electron chi connectivity index (χ2n) is 4.25. The average molecular weight is 297 g/mol. The zero-order chi connectivity index (χ0) is 13.7. The number of ether oxygens (including phenoxy) is 1.